The van der Waals surface area contributed by atoms with Crippen LogP contribution in [0.2, 0.25) is 0 Å². The molecular formula is C21H28N2O2S. The number of aromatic carboxylic acids is 1. The maximum atomic E-state index is 11.8. The van der Waals surface area contributed by atoms with E-state index in [1.165, 1.54) is 51.7 Å². The van der Waals surface area contributed by atoms with E-state index in [1.54, 1.807) is 11.8 Å². The summed E-state index contributed by atoms with van der Waals surface area (Å²) in [6.45, 7) is 6.93. The van der Waals surface area contributed by atoms with Crippen molar-refractivity contribution in [2.45, 2.75) is 55.8 Å². The van der Waals surface area contributed by atoms with Crippen LogP contribution in [-0.4, -0.2) is 45.4 Å². The summed E-state index contributed by atoms with van der Waals surface area (Å²) >= 11 is 1.79. The van der Waals surface area contributed by atoms with E-state index in [1.807, 2.05) is 18.2 Å². The lowest BCUT2D eigenvalue weighted by molar-refractivity contribution is 0.0695. The molecule has 0 radical (unpaired) electrons. The normalized spacial score (nSPS) is 21.3. The first-order valence-electron chi connectivity index (χ1n) is 9.91. The molecule has 1 atom stereocenters. The van der Waals surface area contributed by atoms with Gasteiger partial charge in [-0.3, -0.25) is 0 Å². The van der Waals surface area contributed by atoms with Crippen LogP contribution in [0.25, 0.3) is 10.9 Å². The Kier molecular flexibility index (Phi) is 5.28. The van der Waals surface area contributed by atoms with E-state index in [0.29, 0.717) is 10.8 Å². The van der Waals surface area contributed by atoms with Crippen molar-refractivity contribution in [3.8, 4) is 0 Å². The minimum atomic E-state index is -0.799. The van der Waals surface area contributed by atoms with Crippen LogP contribution < -0.4 is 0 Å². The zero-order valence-electron chi connectivity index (χ0n) is 15.5. The van der Waals surface area contributed by atoms with Gasteiger partial charge in [0.05, 0.1) is 10.6 Å². The number of thioether (sulfide) groups is 1. The highest BCUT2D eigenvalue weighted by atomic mass is 32.2. The van der Waals surface area contributed by atoms with Gasteiger partial charge in [-0.25, -0.2) is 4.79 Å². The molecule has 1 aromatic carbocycles. The molecule has 3 heterocycles. The van der Waals surface area contributed by atoms with Gasteiger partial charge in [0.1, 0.15) is 0 Å². The Morgan fingerprint density at radius 1 is 1.27 bits per heavy atom. The largest absolute Gasteiger partial charge is 0.478 e. The number of benzene rings is 1. The smallest absolute Gasteiger partial charge is 0.339 e. The van der Waals surface area contributed by atoms with Gasteiger partial charge in [-0.2, -0.15) is 0 Å². The van der Waals surface area contributed by atoms with Crippen LogP contribution in [0, 0.1) is 5.92 Å². The number of hydrogen-bond acceptors (Lipinski definition) is 3. The van der Waals surface area contributed by atoms with Crippen molar-refractivity contribution in [1.29, 1.82) is 0 Å². The Bertz CT molecular complexity index is 793. The maximum absolute atomic E-state index is 11.8. The summed E-state index contributed by atoms with van der Waals surface area (Å²) in [7, 11) is 0. The monoisotopic (exact) mass is 372 g/mol. The second-order valence-corrected chi connectivity index (χ2v) is 9.02. The van der Waals surface area contributed by atoms with Crippen molar-refractivity contribution in [3.05, 3.63) is 29.8 Å². The summed E-state index contributed by atoms with van der Waals surface area (Å²) in [5.41, 5.74) is 1.58. The van der Waals surface area contributed by atoms with Crippen molar-refractivity contribution >= 4 is 28.6 Å². The minimum absolute atomic E-state index is 0.502. The fourth-order valence-corrected chi connectivity index (χ4v) is 6.03. The third-order valence-corrected chi connectivity index (χ3v) is 7.26. The first kappa shape index (κ1) is 17.9. The van der Waals surface area contributed by atoms with E-state index in [0.717, 1.165) is 28.4 Å². The second kappa shape index (κ2) is 7.65. The van der Waals surface area contributed by atoms with Gasteiger partial charge in [-0.15, -0.1) is 11.8 Å². The number of para-hydroxylation sites is 1. The first-order chi connectivity index (χ1) is 12.7. The van der Waals surface area contributed by atoms with Gasteiger partial charge in [-0.1, -0.05) is 31.5 Å². The number of carbonyl (C=O) groups is 1. The highest BCUT2D eigenvalue weighted by Gasteiger charge is 2.33. The van der Waals surface area contributed by atoms with Crippen molar-refractivity contribution in [1.82, 2.24) is 9.47 Å². The number of rotatable bonds is 6. The highest BCUT2D eigenvalue weighted by Crippen LogP contribution is 2.44. The number of unbranched alkanes of at least 4 members (excludes halogenated alkanes) is 1. The molecule has 2 aliphatic rings. The molecule has 0 spiro atoms. The van der Waals surface area contributed by atoms with E-state index in [4.69, 9.17) is 0 Å². The number of carboxylic acids is 1. The van der Waals surface area contributed by atoms with Crippen molar-refractivity contribution < 1.29 is 9.90 Å². The van der Waals surface area contributed by atoms with Gasteiger partial charge in [0.2, 0.25) is 0 Å². The lowest BCUT2D eigenvalue weighted by Gasteiger charge is -2.32. The second-order valence-electron chi connectivity index (χ2n) is 7.73. The molecule has 0 bridgehead atoms. The average Bonchev–Trinajstić information content (AvgIpc) is 3.17. The number of hydrogen-bond donors (Lipinski definition) is 1. The minimum Gasteiger partial charge on any atom is -0.478 e. The molecule has 1 unspecified atom stereocenters. The molecule has 4 rings (SSSR count). The molecule has 5 heteroatoms. The molecule has 1 N–H and O–H groups in total. The number of carboxylic acid groups (broad SMARTS) is 1. The molecule has 2 aromatic rings. The summed E-state index contributed by atoms with van der Waals surface area (Å²) < 4.78 is 2.24. The molecule has 1 aromatic heterocycles. The van der Waals surface area contributed by atoms with Gasteiger partial charge >= 0.3 is 5.97 Å². The zero-order valence-corrected chi connectivity index (χ0v) is 16.3. The standard InChI is InChI=1S/C21H28N2O2S/c1-2-3-10-22-11-8-15(9-12-22)13-16-14-23-18-7-5-4-6-17(18)19(21(24)25)20(23)26-16/h4-7,15-16H,2-3,8-14H2,1H3,(H,24,25). The average molecular weight is 373 g/mol. The predicted octanol–water partition coefficient (Wildman–Crippen LogP) is 4.72. The lowest BCUT2D eigenvalue weighted by atomic mass is 9.92. The molecule has 2 aliphatic heterocycles. The lowest BCUT2D eigenvalue weighted by Crippen LogP contribution is -2.35. The van der Waals surface area contributed by atoms with Crippen LogP contribution in [-0.2, 0) is 6.54 Å². The third-order valence-electron chi connectivity index (χ3n) is 5.93. The summed E-state index contributed by atoms with van der Waals surface area (Å²) in [6, 6.07) is 7.93. The number of aromatic nitrogens is 1. The molecule has 0 aliphatic carbocycles. The fraction of sp³-hybridized carbons (Fsp3) is 0.571. The predicted molar refractivity (Wildman–Crippen MR) is 107 cm³/mol. The Hall–Kier alpha value is -1.46. The van der Waals surface area contributed by atoms with Gasteiger partial charge in [0.25, 0.3) is 0 Å². The van der Waals surface area contributed by atoms with E-state index in [-0.39, 0.29) is 0 Å². The van der Waals surface area contributed by atoms with Crippen LogP contribution in [0.3, 0.4) is 0 Å². The van der Waals surface area contributed by atoms with Crippen molar-refractivity contribution in [2.75, 3.05) is 19.6 Å². The Balaban J connectivity index is 1.42. The molecule has 0 amide bonds. The van der Waals surface area contributed by atoms with Crippen LogP contribution in [0.4, 0.5) is 0 Å². The van der Waals surface area contributed by atoms with E-state index < -0.39 is 5.97 Å². The number of fused-ring (bicyclic) bond motifs is 3. The Morgan fingerprint density at radius 2 is 2.04 bits per heavy atom. The Morgan fingerprint density at radius 3 is 2.77 bits per heavy atom. The molecule has 140 valence electrons. The first-order valence-corrected chi connectivity index (χ1v) is 10.8. The topological polar surface area (TPSA) is 45.5 Å². The zero-order chi connectivity index (χ0) is 18.1. The van der Waals surface area contributed by atoms with Crippen LogP contribution in [0.5, 0.6) is 0 Å². The highest BCUT2D eigenvalue weighted by molar-refractivity contribution is 8.00. The summed E-state index contributed by atoms with van der Waals surface area (Å²) in [4.78, 5) is 14.4. The quantitative estimate of drug-likeness (QED) is 0.797. The summed E-state index contributed by atoms with van der Waals surface area (Å²) in [5, 5.41) is 12.1. The van der Waals surface area contributed by atoms with E-state index >= 15 is 0 Å². The maximum Gasteiger partial charge on any atom is 0.339 e. The number of nitrogens with zero attached hydrogens (tertiary/aromatic N) is 2. The van der Waals surface area contributed by atoms with Crippen LogP contribution in [0.1, 0.15) is 49.4 Å². The molecule has 1 saturated heterocycles. The van der Waals surface area contributed by atoms with Gasteiger partial charge in [0, 0.05) is 22.7 Å². The molecule has 26 heavy (non-hydrogen) atoms. The number of piperidine rings is 1. The van der Waals surface area contributed by atoms with Gasteiger partial charge < -0.3 is 14.6 Å². The Labute approximate surface area is 159 Å². The van der Waals surface area contributed by atoms with E-state index in [9.17, 15) is 9.90 Å². The molecule has 4 nitrogen and oxygen atoms in total. The number of likely N-dealkylation sites (tertiary alicyclic amines) is 1. The van der Waals surface area contributed by atoms with Crippen molar-refractivity contribution in [2.24, 2.45) is 5.92 Å². The SMILES string of the molecule is CCCCN1CCC(CC2Cn3c(c(C(=O)O)c4ccccc43)S2)CC1. The van der Waals surface area contributed by atoms with Crippen molar-refractivity contribution in [3.63, 3.8) is 0 Å². The van der Waals surface area contributed by atoms with E-state index in [2.05, 4.69) is 22.5 Å². The fourth-order valence-electron chi connectivity index (χ4n) is 4.51. The molecule has 0 saturated carbocycles. The molecular weight excluding hydrogens is 344 g/mol. The van der Waals surface area contributed by atoms with Crippen LogP contribution in [0.15, 0.2) is 29.3 Å². The van der Waals surface area contributed by atoms with Gasteiger partial charge in [-0.05, 0) is 57.3 Å². The molecule has 1 fully saturated rings. The summed E-state index contributed by atoms with van der Waals surface area (Å²) in [5.74, 6) is -0.0122. The van der Waals surface area contributed by atoms with Gasteiger partial charge in [0.15, 0.2) is 0 Å². The third kappa shape index (κ3) is 3.39. The summed E-state index contributed by atoms with van der Waals surface area (Å²) in [6.07, 6.45) is 6.38. The van der Waals surface area contributed by atoms with Crippen LogP contribution >= 0.6 is 11.8 Å².